The van der Waals surface area contributed by atoms with Crippen molar-refractivity contribution in [2.75, 3.05) is 6.54 Å². The van der Waals surface area contributed by atoms with E-state index < -0.39 is 12.0 Å². The number of amides is 1. The monoisotopic (exact) mass is 228 g/mol. The Morgan fingerprint density at radius 1 is 1.50 bits per heavy atom. The standard InChI is InChI=1S/C11H20N2O3/c1-2-3-9(12)11(16)13(8-4-5-8)7-6-10(14)15/h8-9H,2-7,12H2,1H3,(H,14,15)/t9-/m0/s1. The molecule has 0 radical (unpaired) electrons. The Bertz CT molecular complexity index is 264. The van der Waals surface area contributed by atoms with Crippen molar-refractivity contribution in [1.29, 1.82) is 0 Å². The minimum atomic E-state index is -0.873. The van der Waals surface area contributed by atoms with Crippen molar-refractivity contribution in [3.63, 3.8) is 0 Å². The van der Waals surface area contributed by atoms with Gasteiger partial charge in [0.1, 0.15) is 0 Å². The van der Waals surface area contributed by atoms with E-state index in [1.165, 1.54) is 0 Å². The molecule has 0 heterocycles. The Balaban J connectivity index is 2.48. The van der Waals surface area contributed by atoms with E-state index in [0.29, 0.717) is 6.42 Å². The highest BCUT2D eigenvalue weighted by molar-refractivity contribution is 5.82. The first-order chi connectivity index (χ1) is 7.56. The molecule has 5 heteroatoms. The first-order valence-corrected chi connectivity index (χ1v) is 5.84. The lowest BCUT2D eigenvalue weighted by Crippen LogP contribution is -2.45. The van der Waals surface area contributed by atoms with Gasteiger partial charge in [0.05, 0.1) is 12.5 Å². The van der Waals surface area contributed by atoms with Crippen molar-refractivity contribution in [1.82, 2.24) is 4.90 Å². The fourth-order valence-corrected chi connectivity index (χ4v) is 1.72. The van der Waals surface area contributed by atoms with Gasteiger partial charge in [0.25, 0.3) is 0 Å². The highest BCUT2D eigenvalue weighted by Crippen LogP contribution is 2.27. The second-order valence-corrected chi connectivity index (χ2v) is 4.30. The summed E-state index contributed by atoms with van der Waals surface area (Å²) in [4.78, 5) is 24.1. The first-order valence-electron chi connectivity index (χ1n) is 5.84. The van der Waals surface area contributed by atoms with E-state index in [0.717, 1.165) is 19.3 Å². The summed E-state index contributed by atoms with van der Waals surface area (Å²) in [5.74, 6) is -0.965. The van der Waals surface area contributed by atoms with Crippen LogP contribution in [0.2, 0.25) is 0 Å². The van der Waals surface area contributed by atoms with Crippen LogP contribution in [0, 0.1) is 0 Å². The van der Waals surface area contributed by atoms with E-state index >= 15 is 0 Å². The van der Waals surface area contributed by atoms with Crippen LogP contribution < -0.4 is 5.73 Å². The SMILES string of the molecule is CCC[C@H](N)C(=O)N(CCC(=O)O)C1CC1. The zero-order valence-electron chi connectivity index (χ0n) is 9.69. The van der Waals surface area contributed by atoms with Crippen LogP contribution >= 0.6 is 0 Å². The maximum Gasteiger partial charge on any atom is 0.305 e. The minimum Gasteiger partial charge on any atom is -0.481 e. The number of carbonyl (C=O) groups excluding carboxylic acids is 1. The van der Waals surface area contributed by atoms with Gasteiger partial charge >= 0.3 is 5.97 Å². The van der Waals surface area contributed by atoms with Gasteiger partial charge in [0, 0.05) is 12.6 Å². The van der Waals surface area contributed by atoms with E-state index in [9.17, 15) is 9.59 Å². The molecule has 1 atom stereocenters. The van der Waals surface area contributed by atoms with Crippen LogP contribution in [0.3, 0.4) is 0 Å². The second kappa shape index (κ2) is 5.84. The van der Waals surface area contributed by atoms with E-state index in [1.807, 2.05) is 6.92 Å². The van der Waals surface area contributed by atoms with E-state index in [-0.39, 0.29) is 24.9 Å². The fraction of sp³-hybridized carbons (Fsp3) is 0.818. The molecule has 92 valence electrons. The number of carbonyl (C=O) groups is 2. The summed E-state index contributed by atoms with van der Waals surface area (Å²) in [5.41, 5.74) is 5.76. The number of hydrogen-bond donors (Lipinski definition) is 2. The number of aliphatic carboxylic acids is 1. The van der Waals surface area contributed by atoms with Gasteiger partial charge in [-0.2, -0.15) is 0 Å². The summed E-state index contributed by atoms with van der Waals surface area (Å²) in [6.45, 7) is 2.27. The Morgan fingerprint density at radius 2 is 2.12 bits per heavy atom. The molecule has 1 saturated carbocycles. The summed E-state index contributed by atoms with van der Waals surface area (Å²) in [6, 6.07) is -0.242. The lowest BCUT2D eigenvalue weighted by Gasteiger charge is -2.24. The summed E-state index contributed by atoms with van der Waals surface area (Å²) >= 11 is 0. The zero-order chi connectivity index (χ0) is 12.1. The van der Waals surface area contributed by atoms with Gasteiger partial charge in [-0.25, -0.2) is 0 Å². The maximum atomic E-state index is 11.9. The van der Waals surface area contributed by atoms with Crippen molar-refractivity contribution >= 4 is 11.9 Å². The summed E-state index contributed by atoms with van der Waals surface area (Å²) < 4.78 is 0. The van der Waals surface area contributed by atoms with Gasteiger partial charge in [-0.1, -0.05) is 13.3 Å². The Hall–Kier alpha value is -1.10. The van der Waals surface area contributed by atoms with Crippen LogP contribution in [0.5, 0.6) is 0 Å². The molecule has 0 aromatic rings. The third-order valence-corrected chi connectivity index (χ3v) is 2.75. The molecular formula is C11H20N2O3. The van der Waals surface area contributed by atoms with Gasteiger partial charge in [0.2, 0.25) is 5.91 Å². The number of nitrogens with two attached hydrogens (primary N) is 1. The number of carboxylic acid groups (broad SMARTS) is 1. The molecule has 0 bridgehead atoms. The van der Waals surface area contributed by atoms with Gasteiger partial charge in [-0.3, -0.25) is 9.59 Å². The predicted octanol–water partition coefficient (Wildman–Crippen LogP) is 0.580. The van der Waals surface area contributed by atoms with Gasteiger partial charge in [-0.05, 0) is 19.3 Å². The Labute approximate surface area is 95.6 Å². The molecule has 1 aliphatic rings. The molecular weight excluding hydrogens is 208 g/mol. The average Bonchev–Trinajstić information content (AvgIpc) is 3.01. The Morgan fingerprint density at radius 3 is 2.56 bits per heavy atom. The molecule has 0 aliphatic heterocycles. The van der Waals surface area contributed by atoms with Crippen LogP contribution in [0.4, 0.5) is 0 Å². The first kappa shape index (κ1) is 13.0. The molecule has 1 aliphatic carbocycles. The van der Waals surface area contributed by atoms with Gasteiger partial charge in [0.15, 0.2) is 0 Å². The molecule has 1 rings (SSSR count). The zero-order valence-corrected chi connectivity index (χ0v) is 9.69. The van der Waals surface area contributed by atoms with E-state index in [2.05, 4.69) is 0 Å². The minimum absolute atomic E-state index is 0.00108. The molecule has 5 nitrogen and oxygen atoms in total. The molecule has 0 saturated heterocycles. The highest BCUT2D eigenvalue weighted by Gasteiger charge is 2.34. The van der Waals surface area contributed by atoms with E-state index in [1.54, 1.807) is 4.90 Å². The number of rotatable bonds is 7. The van der Waals surface area contributed by atoms with Gasteiger partial charge < -0.3 is 15.7 Å². The van der Waals surface area contributed by atoms with Crippen LogP contribution in [0.15, 0.2) is 0 Å². The summed E-state index contributed by atoms with van der Waals surface area (Å²) in [5, 5.41) is 8.62. The molecule has 0 spiro atoms. The second-order valence-electron chi connectivity index (χ2n) is 4.30. The van der Waals surface area contributed by atoms with Crippen molar-refractivity contribution in [3.8, 4) is 0 Å². The molecule has 0 unspecified atom stereocenters. The third-order valence-electron chi connectivity index (χ3n) is 2.75. The fourth-order valence-electron chi connectivity index (χ4n) is 1.72. The quantitative estimate of drug-likeness (QED) is 0.667. The van der Waals surface area contributed by atoms with Crippen LogP contribution in [-0.2, 0) is 9.59 Å². The van der Waals surface area contributed by atoms with Crippen LogP contribution in [-0.4, -0.2) is 40.5 Å². The molecule has 0 aromatic carbocycles. The molecule has 1 fully saturated rings. The molecule has 0 aromatic heterocycles. The summed E-state index contributed by atoms with van der Waals surface area (Å²) in [6.07, 6.45) is 3.48. The van der Waals surface area contributed by atoms with E-state index in [4.69, 9.17) is 10.8 Å². The lowest BCUT2D eigenvalue weighted by atomic mass is 10.1. The van der Waals surface area contributed by atoms with Crippen LogP contribution in [0.1, 0.15) is 39.0 Å². The summed E-state index contributed by atoms with van der Waals surface area (Å²) in [7, 11) is 0. The number of nitrogens with zero attached hydrogens (tertiary/aromatic N) is 1. The molecule has 1 amide bonds. The van der Waals surface area contributed by atoms with Gasteiger partial charge in [-0.15, -0.1) is 0 Å². The van der Waals surface area contributed by atoms with Crippen molar-refractivity contribution in [2.45, 2.75) is 51.1 Å². The predicted molar refractivity (Wildman–Crippen MR) is 59.9 cm³/mol. The largest absolute Gasteiger partial charge is 0.481 e. The third kappa shape index (κ3) is 3.81. The lowest BCUT2D eigenvalue weighted by molar-refractivity contribution is -0.139. The topological polar surface area (TPSA) is 83.6 Å². The smallest absolute Gasteiger partial charge is 0.305 e. The highest BCUT2D eigenvalue weighted by atomic mass is 16.4. The van der Waals surface area contributed by atoms with Crippen molar-refractivity contribution in [3.05, 3.63) is 0 Å². The molecule has 3 N–H and O–H groups in total. The number of carboxylic acids is 1. The number of hydrogen-bond acceptors (Lipinski definition) is 3. The van der Waals surface area contributed by atoms with Crippen LogP contribution in [0.25, 0.3) is 0 Å². The maximum absolute atomic E-state index is 11.9. The average molecular weight is 228 g/mol. The Kier molecular flexibility index (Phi) is 4.73. The van der Waals surface area contributed by atoms with Crippen molar-refractivity contribution < 1.29 is 14.7 Å². The van der Waals surface area contributed by atoms with Crippen molar-refractivity contribution in [2.24, 2.45) is 5.73 Å². The molecule has 16 heavy (non-hydrogen) atoms. The normalized spacial score (nSPS) is 16.9.